The van der Waals surface area contributed by atoms with Gasteiger partial charge in [-0.1, -0.05) is 13.8 Å². The summed E-state index contributed by atoms with van der Waals surface area (Å²) in [5.41, 5.74) is 0. The van der Waals surface area contributed by atoms with E-state index in [1.54, 1.807) is 6.07 Å². The molecule has 0 bridgehead atoms. The first kappa shape index (κ1) is 17.6. The van der Waals surface area contributed by atoms with E-state index >= 15 is 0 Å². The van der Waals surface area contributed by atoms with Crippen LogP contribution in [0.15, 0.2) is 16.3 Å². The van der Waals surface area contributed by atoms with Gasteiger partial charge in [-0.05, 0) is 30.9 Å². The van der Waals surface area contributed by atoms with Crippen molar-refractivity contribution in [2.24, 2.45) is 11.1 Å². The molecule has 3 N–H and O–H groups in total. The highest BCUT2D eigenvalue weighted by Crippen LogP contribution is 2.20. The lowest BCUT2D eigenvalue weighted by Crippen LogP contribution is -2.28. The fourth-order valence-electron chi connectivity index (χ4n) is 1.44. The molecule has 0 saturated carbocycles. The predicted octanol–water partition coefficient (Wildman–Crippen LogP) is 0.904. The summed E-state index contributed by atoms with van der Waals surface area (Å²) in [6.45, 7) is 4.19. The average Bonchev–Trinajstić information content (AvgIpc) is 2.75. The van der Waals surface area contributed by atoms with Gasteiger partial charge in [-0.15, -0.1) is 11.3 Å². The highest BCUT2D eigenvalue weighted by atomic mass is 32.2. The van der Waals surface area contributed by atoms with E-state index in [4.69, 9.17) is 5.14 Å². The van der Waals surface area contributed by atoms with E-state index in [0.717, 1.165) is 16.2 Å². The van der Waals surface area contributed by atoms with E-state index in [9.17, 15) is 16.8 Å². The molecule has 116 valence electrons. The fourth-order valence-corrected chi connectivity index (χ4v) is 4.56. The predicted molar refractivity (Wildman–Crippen MR) is 80.6 cm³/mol. The van der Waals surface area contributed by atoms with Crippen molar-refractivity contribution in [3.8, 4) is 0 Å². The van der Waals surface area contributed by atoms with Crippen molar-refractivity contribution in [1.82, 2.24) is 4.72 Å². The van der Waals surface area contributed by atoms with Crippen molar-refractivity contribution in [2.45, 2.75) is 30.9 Å². The Morgan fingerprint density at radius 2 is 1.90 bits per heavy atom. The first-order chi connectivity index (χ1) is 9.10. The van der Waals surface area contributed by atoms with Crippen molar-refractivity contribution in [2.75, 3.05) is 12.3 Å². The Kier molecular flexibility index (Phi) is 6.14. The zero-order chi connectivity index (χ0) is 15.4. The Labute approximate surface area is 124 Å². The van der Waals surface area contributed by atoms with E-state index < -0.39 is 20.0 Å². The summed E-state index contributed by atoms with van der Waals surface area (Å²) < 4.78 is 48.1. The first-order valence-electron chi connectivity index (χ1n) is 6.19. The van der Waals surface area contributed by atoms with Crippen LogP contribution in [0, 0.1) is 5.92 Å². The van der Waals surface area contributed by atoms with Crippen LogP contribution in [-0.4, -0.2) is 29.1 Å². The summed E-state index contributed by atoms with van der Waals surface area (Å²) in [5, 5.41) is 5.01. The lowest BCUT2D eigenvalue weighted by Gasteiger charge is -2.07. The van der Waals surface area contributed by atoms with E-state index in [0.29, 0.717) is 18.8 Å². The number of primary sulfonamides is 1. The summed E-state index contributed by atoms with van der Waals surface area (Å²) in [5.74, 6) is 0.443. The quantitative estimate of drug-likeness (QED) is 0.733. The lowest BCUT2D eigenvalue weighted by atomic mass is 10.2. The minimum atomic E-state index is -3.67. The summed E-state index contributed by atoms with van der Waals surface area (Å²) in [6.07, 6.45) is 1.06. The van der Waals surface area contributed by atoms with Crippen molar-refractivity contribution < 1.29 is 16.8 Å². The van der Waals surface area contributed by atoms with Gasteiger partial charge in [0.25, 0.3) is 0 Å². The molecule has 0 atom stereocenters. The van der Waals surface area contributed by atoms with Gasteiger partial charge < -0.3 is 0 Å². The van der Waals surface area contributed by atoms with Crippen LogP contribution in [0.5, 0.6) is 0 Å². The van der Waals surface area contributed by atoms with Gasteiger partial charge in [0.2, 0.25) is 20.0 Å². The zero-order valence-corrected chi connectivity index (χ0v) is 13.9. The largest absolute Gasteiger partial charge is 0.247 e. The molecule has 1 heterocycles. The minimum Gasteiger partial charge on any atom is -0.224 e. The molecule has 1 aromatic heterocycles. The standard InChI is InChI=1S/C11H20N2O4S3/c1-9(2)6-8-19(14,15)13-7-5-10-3-4-11(18-10)20(12,16)17/h3-4,9,13H,5-8H2,1-2H3,(H2,12,16,17). The Morgan fingerprint density at radius 1 is 1.25 bits per heavy atom. The second-order valence-electron chi connectivity index (χ2n) is 4.91. The third kappa shape index (κ3) is 6.31. The fraction of sp³-hybridized carbons (Fsp3) is 0.636. The van der Waals surface area contributed by atoms with Gasteiger partial charge in [-0.2, -0.15) is 0 Å². The maximum Gasteiger partial charge on any atom is 0.247 e. The third-order valence-corrected chi connectivity index (χ3v) is 6.58. The van der Waals surface area contributed by atoms with E-state index in [2.05, 4.69) is 4.72 Å². The van der Waals surface area contributed by atoms with Gasteiger partial charge >= 0.3 is 0 Å². The average molecular weight is 340 g/mol. The topological polar surface area (TPSA) is 106 Å². The molecule has 0 aliphatic rings. The molecule has 0 amide bonds. The Morgan fingerprint density at radius 3 is 2.40 bits per heavy atom. The van der Waals surface area contributed by atoms with E-state index in [-0.39, 0.29) is 16.5 Å². The number of hydrogen-bond acceptors (Lipinski definition) is 5. The number of rotatable bonds is 8. The third-order valence-electron chi connectivity index (χ3n) is 2.57. The smallest absolute Gasteiger partial charge is 0.224 e. The summed E-state index contributed by atoms with van der Waals surface area (Å²) in [7, 11) is -6.93. The molecular formula is C11H20N2O4S3. The molecule has 0 aliphatic carbocycles. The van der Waals surface area contributed by atoms with Crippen LogP contribution >= 0.6 is 11.3 Å². The molecule has 0 unspecified atom stereocenters. The molecule has 0 spiro atoms. The van der Waals surface area contributed by atoms with Crippen molar-refractivity contribution in [3.05, 3.63) is 17.0 Å². The van der Waals surface area contributed by atoms with Crippen LogP contribution in [-0.2, 0) is 26.5 Å². The molecule has 0 aliphatic heterocycles. The first-order valence-corrected chi connectivity index (χ1v) is 10.2. The van der Waals surface area contributed by atoms with Gasteiger partial charge in [-0.3, -0.25) is 0 Å². The molecular weight excluding hydrogens is 320 g/mol. The van der Waals surface area contributed by atoms with Gasteiger partial charge in [0, 0.05) is 11.4 Å². The monoisotopic (exact) mass is 340 g/mol. The second-order valence-corrected chi connectivity index (χ2v) is 9.79. The summed E-state index contributed by atoms with van der Waals surface area (Å²) in [4.78, 5) is 0.778. The van der Waals surface area contributed by atoms with Crippen LogP contribution < -0.4 is 9.86 Å². The number of sulfonamides is 2. The van der Waals surface area contributed by atoms with Crippen LogP contribution in [0.25, 0.3) is 0 Å². The number of nitrogens with one attached hydrogen (secondary N) is 1. The molecule has 0 aromatic carbocycles. The van der Waals surface area contributed by atoms with Crippen LogP contribution in [0.4, 0.5) is 0 Å². The Bertz CT molecular complexity index is 632. The van der Waals surface area contributed by atoms with Gasteiger partial charge in [0.1, 0.15) is 4.21 Å². The van der Waals surface area contributed by atoms with Gasteiger partial charge in [0.05, 0.1) is 5.75 Å². The molecule has 0 fully saturated rings. The number of hydrogen-bond donors (Lipinski definition) is 2. The van der Waals surface area contributed by atoms with Crippen LogP contribution in [0.3, 0.4) is 0 Å². The van der Waals surface area contributed by atoms with Gasteiger partial charge in [-0.25, -0.2) is 26.7 Å². The number of thiophene rings is 1. The minimum absolute atomic E-state index is 0.0927. The van der Waals surface area contributed by atoms with E-state index in [1.165, 1.54) is 6.07 Å². The van der Waals surface area contributed by atoms with Crippen LogP contribution in [0.2, 0.25) is 0 Å². The summed E-state index contributed by atoms with van der Waals surface area (Å²) >= 11 is 1.06. The van der Waals surface area contributed by atoms with E-state index in [1.807, 2.05) is 13.8 Å². The highest BCUT2D eigenvalue weighted by molar-refractivity contribution is 7.91. The maximum absolute atomic E-state index is 11.7. The molecule has 0 radical (unpaired) electrons. The molecule has 1 rings (SSSR count). The lowest BCUT2D eigenvalue weighted by molar-refractivity contribution is 0.562. The molecule has 9 heteroatoms. The van der Waals surface area contributed by atoms with Crippen molar-refractivity contribution in [3.63, 3.8) is 0 Å². The summed E-state index contributed by atoms with van der Waals surface area (Å²) in [6, 6.07) is 3.08. The Hall–Kier alpha value is -0.480. The molecule has 6 nitrogen and oxygen atoms in total. The number of nitrogens with two attached hydrogens (primary N) is 1. The zero-order valence-electron chi connectivity index (χ0n) is 11.5. The highest BCUT2D eigenvalue weighted by Gasteiger charge is 2.13. The molecule has 20 heavy (non-hydrogen) atoms. The van der Waals surface area contributed by atoms with Crippen molar-refractivity contribution >= 4 is 31.4 Å². The molecule has 1 aromatic rings. The Balaban J connectivity index is 2.47. The maximum atomic E-state index is 11.7. The molecule has 0 saturated heterocycles. The van der Waals surface area contributed by atoms with Gasteiger partial charge in [0.15, 0.2) is 0 Å². The van der Waals surface area contributed by atoms with Crippen LogP contribution in [0.1, 0.15) is 25.1 Å². The normalized spacial score (nSPS) is 13.0. The second kappa shape index (κ2) is 6.99. The SMILES string of the molecule is CC(C)CCS(=O)(=O)NCCc1ccc(S(N)(=O)=O)s1. The van der Waals surface area contributed by atoms with Crippen molar-refractivity contribution in [1.29, 1.82) is 0 Å².